The number of fused-ring (bicyclic) bond motifs is 1. The van der Waals surface area contributed by atoms with E-state index in [9.17, 15) is 4.79 Å². The number of amides is 1. The Labute approximate surface area is 129 Å². The zero-order chi connectivity index (χ0) is 14.8. The van der Waals surface area contributed by atoms with E-state index in [2.05, 4.69) is 10.6 Å². The molecule has 0 radical (unpaired) electrons. The molecule has 0 bridgehead atoms. The molecule has 2 atom stereocenters. The van der Waals surface area contributed by atoms with Crippen molar-refractivity contribution in [2.24, 2.45) is 0 Å². The Hall–Kier alpha value is -2.00. The molecule has 1 amide bonds. The van der Waals surface area contributed by atoms with Gasteiger partial charge in [0.1, 0.15) is 0 Å². The zero-order valence-corrected chi connectivity index (χ0v) is 12.5. The van der Waals surface area contributed by atoms with Crippen LogP contribution in [0.5, 0.6) is 0 Å². The zero-order valence-electron chi connectivity index (χ0n) is 11.8. The van der Waals surface area contributed by atoms with Gasteiger partial charge in [-0.15, -0.1) is 0 Å². The van der Waals surface area contributed by atoms with E-state index in [0.717, 1.165) is 16.8 Å². The highest BCUT2D eigenvalue weighted by molar-refractivity contribution is 6.30. The molecule has 1 aliphatic rings. The van der Waals surface area contributed by atoms with Gasteiger partial charge in [0.05, 0.1) is 12.0 Å². The van der Waals surface area contributed by atoms with Crippen LogP contribution in [0.1, 0.15) is 30.0 Å². The van der Waals surface area contributed by atoms with Crippen molar-refractivity contribution in [1.82, 2.24) is 5.32 Å². The van der Waals surface area contributed by atoms with Crippen LogP contribution in [0.3, 0.4) is 0 Å². The van der Waals surface area contributed by atoms with Crippen LogP contribution in [0.15, 0.2) is 48.5 Å². The van der Waals surface area contributed by atoms with Crippen molar-refractivity contribution in [2.45, 2.75) is 18.9 Å². The molecule has 0 fully saturated rings. The number of carbonyl (C=O) groups excluding carboxylic acids is 1. The van der Waals surface area contributed by atoms with Gasteiger partial charge in [0.2, 0.25) is 5.91 Å². The molecule has 1 heterocycles. The smallest absolute Gasteiger partial charge is 0.229 e. The molecule has 3 rings (SSSR count). The predicted octanol–water partition coefficient (Wildman–Crippen LogP) is 3.73. The maximum absolute atomic E-state index is 12.5. The summed E-state index contributed by atoms with van der Waals surface area (Å²) >= 11 is 5.89. The maximum atomic E-state index is 12.5. The highest BCUT2D eigenvalue weighted by Gasteiger charge is 2.28. The standard InChI is InChI=1S/C17H17ClN2O/c1-11(12-6-8-13(18)9-7-12)20-17(21)15-10-19-16-5-3-2-4-14(15)16/h2-9,11,15,19H,10H2,1H3,(H,20,21)/t11-,15?/m1/s1. The average molecular weight is 301 g/mol. The largest absolute Gasteiger partial charge is 0.384 e. The summed E-state index contributed by atoms with van der Waals surface area (Å²) in [7, 11) is 0. The van der Waals surface area contributed by atoms with Gasteiger partial charge >= 0.3 is 0 Å². The van der Waals surface area contributed by atoms with Gasteiger partial charge in [-0.3, -0.25) is 4.79 Å². The lowest BCUT2D eigenvalue weighted by Gasteiger charge is -2.17. The van der Waals surface area contributed by atoms with Crippen LogP contribution in [0.4, 0.5) is 5.69 Å². The van der Waals surface area contributed by atoms with Gasteiger partial charge in [-0.25, -0.2) is 0 Å². The van der Waals surface area contributed by atoms with Crippen molar-refractivity contribution < 1.29 is 4.79 Å². The first kappa shape index (κ1) is 14.0. The Morgan fingerprint density at radius 1 is 1.24 bits per heavy atom. The van der Waals surface area contributed by atoms with E-state index in [-0.39, 0.29) is 17.9 Å². The van der Waals surface area contributed by atoms with Crippen LogP contribution in [0.25, 0.3) is 0 Å². The van der Waals surface area contributed by atoms with Gasteiger partial charge in [0.15, 0.2) is 0 Å². The van der Waals surface area contributed by atoms with Gasteiger partial charge in [0.25, 0.3) is 0 Å². The van der Waals surface area contributed by atoms with Crippen LogP contribution >= 0.6 is 11.6 Å². The molecule has 2 aromatic rings. The number of rotatable bonds is 3. The highest BCUT2D eigenvalue weighted by atomic mass is 35.5. The second-order valence-electron chi connectivity index (χ2n) is 5.30. The van der Waals surface area contributed by atoms with Crippen LogP contribution in [-0.2, 0) is 4.79 Å². The van der Waals surface area contributed by atoms with Crippen molar-refractivity contribution in [3.63, 3.8) is 0 Å². The first-order valence-corrected chi connectivity index (χ1v) is 7.41. The normalized spacial score (nSPS) is 17.7. The summed E-state index contributed by atoms with van der Waals surface area (Å²) in [5.74, 6) is -0.0779. The molecule has 108 valence electrons. The molecule has 0 saturated carbocycles. The number of hydrogen-bond acceptors (Lipinski definition) is 2. The minimum Gasteiger partial charge on any atom is -0.384 e. The van der Waals surface area contributed by atoms with Crippen molar-refractivity contribution in [2.75, 3.05) is 11.9 Å². The van der Waals surface area contributed by atoms with Gasteiger partial charge in [-0.2, -0.15) is 0 Å². The number of benzene rings is 2. The van der Waals surface area contributed by atoms with E-state index in [1.165, 1.54) is 0 Å². The van der Waals surface area contributed by atoms with Crippen molar-refractivity contribution in [1.29, 1.82) is 0 Å². The minimum atomic E-state index is -0.129. The Morgan fingerprint density at radius 2 is 1.95 bits per heavy atom. The third-order valence-electron chi connectivity index (χ3n) is 3.88. The molecule has 3 nitrogen and oxygen atoms in total. The lowest BCUT2D eigenvalue weighted by Crippen LogP contribution is -2.32. The number of carbonyl (C=O) groups is 1. The Balaban J connectivity index is 1.71. The fraction of sp³-hybridized carbons (Fsp3) is 0.235. The maximum Gasteiger partial charge on any atom is 0.229 e. The summed E-state index contributed by atoms with van der Waals surface area (Å²) in [5.41, 5.74) is 3.17. The van der Waals surface area contributed by atoms with Crippen molar-refractivity contribution in [3.05, 3.63) is 64.7 Å². The molecule has 1 aliphatic heterocycles. The second-order valence-corrected chi connectivity index (χ2v) is 5.74. The monoisotopic (exact) mass is 300 g/mol. The van der Waals surface area contributed by atoms with Crippen LogP contribution in [0, 0.1) is 0 Å². The summed E-state index contributed by atoms with van der Waals surface area (Å²) in [6, 6.07) is 15.5. The predicted molar refractivity (Wildman–Crippen MR) is 85.7 cm³/mol. The van der Waals surface area contributed by atoms with Gasteiger partial charge in [0, 0.05) is 17.3 Å². The average Bonchev–Trinajstić information content (AvgIpc) is 2.92. The molecule has 2 aromatic carbocycles. The van der Waals surface area contributed by atoms with Crippen LogP contribution < -0.4 is 10.6 Å². The van der Waals surface area contributed by atoms with E-state index in [1.807, 2.05) is 55.5 Å². The second kappa shape index (κ2) is 5.78. The Kier molecular flexibility index (Phi) is 3.84. The molecule has 2 N–H and O–H groups in total. The Bertz CT molecular complexity index is 654. The van der Waals surface area contributed by atoms with Crippen molar-refractivity contribution >= 4 is 23.2 Å². The SMILES string of the molecule is C[C@@H](NC(=O)C1CNc2ccccc21)c1ccc(Cl)cc1. The summed E-state index contributed by atoms with van der Waals surface area (Å²) < 4.78 is 0. The molecular weight excluding hydrogens is 284 g/mol. The fourth-order valence-corrected chi connectivity index (χ4v) is 2.79. The molecule has 1 unspecified atom stereocenters. The molecular formula is C17H17ClN2O. The van der Waals surface area contributed by atoms with Gasteiger partial charge < -0.3 is 10.6 Å². The number of halogens is 1. The topological polar surface area (TPSA) is 41.1 Å². The molecule has 0 spiro atoms. The summed E-state index contributed by atoms with van der Waals surface area (Å²) in [6.45, 7) is 2.63. The van der Waals surface area contributed by atoms with Gasteiger partial charge in [-0.05, 0) is 36.2 Å². The molecule has 4 heteroatoms. The molecule has 0 aromatic heterocycles. The van der Waals surface area contributed by atoms with E-state index < -0.39 is 0 Å². The van der Waals surface area contributed by atoms with Crippen molar-refractivity contribution in [3.8, 4) is 0 Å². The minimum absolute atomic E-state index is 0.0393. The highest BCUT2D eigenvalue weighted by Crippen LogP contribution is 2.31. The number of nitrogens with one attached hydrogen (secondary N) is 2. The molecule has 0 saturated heterocycles. The van der Waals surface area contributed by atoms with E-state index >= 15 is 0 Å². The molecule has 21 heavy (non-hydrogen) atoms. The number of hydrogen-bond donors (Lipinski definition) is 2. The first-order chi connectivity index (χ1) is 10.1. The Morgan fingerprint density at radius 3 is 2.71 bits per heavy atom. The van der Waals surface area contributed by atoms with E-state index in [0.29, 0.717) is 11.6 Å². The van der Waals surface area contributed by atoms with Crippen LogP contribution in [0.2, 0.25) is 5.02 Å². The lowest BCUT2D eigenvalue weighted by atomic mass is 9.99. The summed E-state index contributed by atoms with van der Waals surface area (Å²) in [4.78, 5) is 12.5. The first-order valence-electron chi connectivity index (χ1n) is 7.04. The van der Waals surface area contributed by atoms with E-state index in [4.69, 9.17) is 11.6 Å². The number of anilines is 1. The number of para-hydroxylation sites is 1. The lowest BCUT2D eigenvalue weighted by molar-refractivity contribution is -0.122. The quantitative estimate of drug-likeness (QED) is 0.907. The van der Waals surface area contributed by atoms with Gasteiger partial charge in [-0.1, -0.05) is 41.9 Å². The van der Waals surface area contributed by atoms with Crippen LogP contribution in [-0.4, -0.2) is 12.5 Å². The summed E-state index contributed by atoms with van der Waals surface area (Å²) in [6.07, 6.45) is 0. The molecule has 0 aliphatic carbocycles. The van der Waals surface area contributed by atoms with E-state index in [1.54, 1.807) is 0 Å². The third-order valence-corrected chi connectivity index (χ3v) is 4.13. The fourth-order valence-electron chi connectivity index (χ4n) is 2.67. The summed E-state index contributed by atoms with van der Waals surface area (Å²) in [5, 5.41) is 7.05. The third kappa shape index (κ3) is 2.88.